The Balaban J connectivity index is 1.56. The molecule has 4 atom stereocenters. The molecule has 6 nitrogen and oxygen atoms in total. The molecule has 2 saturated heterocycles. The number of rotatable bonds is 2. The van der Waals surface area contributed by atoms with Gasteiger partial charge in [0, 0.05) is 5.69 Å². The number of hydrogen-bond donors (Lipinski definition) is 3. The zero-order valence-corrected chi connectivity index (χ0v) is 11.8. The molecule has 0 spiro atoms. The Morgan fingerprint density at radius 2 is 1.78 bits per heavy atom. The topological polar surface area (TPSA) is 79.8 Å². The molecule has 0 saturated carbocycles. The summed E-state index contributed by atoms with van der Waals surface area (Å²) in [4.78, 5) is 11.9. The maximum atomic E-state index is 12.5. The normalized spacial score (nSPS) is 30.1. The van der Waals surface area contributed by atoms with Gasteiger partial charge >= 0.3 is 12.2 Å². The molecular formula is C14H15F3N2O4. The fraction of sp³-hybridized carbons (Fsp3) is 0.500. The third-order valence-electron chi connectivity index (χ3n) is 3.81. The van der Waals surface area contributed by atoms with Crippen LogP contribution in [0.5, 0.6) is 0 Å². The lowest BCUT2D eigenvalue weighted by molar-refractivity contribution is -0.137. The van der Waals surface area contributed by atoms with Crippen LogP contribution in [0.4, 0.5) is 23.7 Å². The predicted molar refractivity (Wildman–Crippen MR) is 72.9 cm³/mol. The van der Waals surface area contributed by atoms with Crippen molar-refractivity contribution in [2.75, 3.05) is 18.5 Å². The van der Waals surface area contributed by atoms with E-state index in [1.165, 1.54) is 12.1 Å². The van der Waals surface area contributed by atoms with Gasteiger partial charge in [-0.2, -0.15) is 13.2 Å². The molecule has 0 aromatic heterocycles. The van der Waals surface area contributed by atoms with E-state index in [-0.39, 0.29) is 18.9 Å². The minimum absolute atomic E-state index is 0.147. The molecule has 2 aliphatic rings. The Labute approximate surface area is 129 Å². The first-order chi connectivity index (χ1) is 10.8. The molecule has 0 radical (unpaired) electrons. The van der Waals surface area contributed by atoms with Crippen molar-refractivity contribution in [1.82, 2.24) is 5.32 Å². The Morgan fingerprint density at radius 3 is 2.43 bits per heavy atom. The van der Waals surface area contributed by atoms with Crippen LogP contribution in [-0.2, 0) is 15.7 Å². The van der Waals surface area contributed by atoms with Crippen molar-refractivity contribution in [3.63, 3.8) is 0 Å². The summed E-state index contributed by atoms with van der Waals surface area (Å²) in [7, 11) is 0. The maximum absolute atomic E-state index is 12.5. The van der Waals surface area contributed by atoms with Gasteiger partial charge in [-0.1, -0.05) is 0 Å². The standard InChI is InChI=1S/C14H15F3N2O4/c15-14(16,17)7-1-3-8(4-2-7)18-13(21)19-9-5-22-12-10(20)6-23-11(9)12/h1-4,9-12,20H,5-6H2,(H2,18,19,21)/t9-,10-,11-,12+/m1/s1. The number of anilines is 1. The van der Waals surface area contributed by atoms with Gasteiger partial charge in [0.05, 0.1) is 24.8 Å². The highest BCUT2D eigenvalue weighted by molar-refractivity contribution is 5.89. The van der Waals surface area contributed by atoms with Crippen LogP contribution in [0.3, 0.4) is 0 Å². The molecule has 0 unspecified atom stereocenters. The van der Waals surface area contributed by atoms with E-state index in [0.29, 0.717) is 0 Å². The lowest BCUT2D eigenvalue weighted by Crippen LogP contribution is -2.46. The zero-order chi connectivity index (χ0) is 16.6. The van der Waals surface area contributed by atoms with Gasteiger partial charge in [-0.05, 0) is 24.3 Å². The molecule has 1 aromatic carbocycles. The summed E-state index contributed by atoms with van der Waals surface area (Å²) in [5.74, 6) is 0. The number of hydrogen-bond acceptors (Lipinski definition) is 4. The molecule has 3 N–H and O–H groups in total. The molecule has 9 heteroatoms. The summed E-state index contributed by atoms with van der Waals surface area (Å²) in [5, 5.41) is 14.7. The van der Waals surface area contributed by atoms with Gasteiger partial charge in [-0.15, -0.1) is 0 Å². The largest absolute Gasteiger partial charge is 0.416 e. The van der Waals surface area contributed by atoms with Crippen molar-refractivity contribution >= 4 is 11.7 Å². The third kappa shape index (κ3) is 3.41. The fourth-order valence-corrected chi connectivity index (χ4v) is 2.68. The average molecular weight is 332 g/mol. The highest BCUT2D eigenvalue weighted by atomic mass is 19.4. The van der Waals surface area contributed by atoms with E-state index in [0.717, 1.165) is 12.1 Å². The lowest BCUT2D eigenvalue weighted by Gasteiger charge is -2.18. The number of urea groups is 1. The summed E-state index contributed by atoms with van der Waals surface area (Å²) in [6, 6.07) is 3.12. The Bertz CT molecular complexity index is 578. The van der Waals surface area contributed by atoms with Crippen molar-refractivity contribution in [2.45, 2.75) is 30.5 Å². The first-order valence-electron chi connectivity index (χ1n) is 7.00. The third-order valence-corrected chi connectivity index (χ3v) is 3.81. The van der Waals surface area contributed by atoms with Crippen molar-refractivity contribution < 1.29 is 32.5 Å². The van der Waals surface area contributed by atoms with Crippen LogP contribution in [0.2, 0.25) is 0 Å². The van der Waals surface area contributed by atoms with Gasteiger partial charge in [0.15, 0.2) is 0 Å². The minimum atomic E-state index is -4.42. The van der Waals surface area contributed by atoms with Gasteiger partial charge in [0.2, 0.25) is 0 Å². The van der Waals surface area contributed by atoms with Gasteiger partial charge < -0.3 is 25.2 Å². The van der Waals surface area contributed by atoms with Crippen LogP contribution in [-0.4, -0.2) is 48.7 Å². The SMILES string of the molecule is O=C(Nc1ccc(C(F)(F)F)cc1)N[C@@H]1CO[C@@H]2[C@@H]1OC[C@H]2O. The zero-order valence-electron chi connectivity index (χ0n) is 11.8. The molecule has 23 heavy (non-hydrogen) atoms. The van der Waals surface area contributed by atoms with Gasteiger partial charge in [-0.25, -0.2) is 4.79 Å². The summed E-state index contributed by atoms with van der Waals surface area (Å²) in [5.41, 5.74) is -0.554. The number of halogens is 3. The predicted octanol–water partition coefficient (Wildman–Crippen LogP) is 1.35. The summed E-state index contributed by atoms with van der Waals surface area (Å²) < 4.78 is 48.1. The first-order valence-corrected chi connectivity index (χ1v) is 7.00. The highest BCUT2D eigenvalue weighted by Gasteiger charge is 2.47. The van der Waals surface area contributed by atoms with E-state index in [4.69, 9.17) is 9.47 Å². The molecule has 2 fully saturated rings. The van der Waals surface area contributed by atoms with Crippen LogP contribution in [0.1, 0.15) is 5.56 Å². The minimum Gasteiger partial charge on any atom is -0.388 e. The number of benzene rings is 1. The molecule has 1 aromatic rings. The van der Waals surface area contributed by atoms with Gasteiger partial charge in [0.1, 0.15) is 18.3 Å². The van der Waals surface area contributed by atoms with E-state index < -0.39 is 42.1 Å². The Kier molecular flexibility index (Phi) is 4.17. The fourth-order valence-electron chi connectivity index (χ4n) is 2.68. The summed E-state index contributed by atoms with van der Waals surface area (Å²) >= 11 is 0. The smallest absolute Gasteiger partial charge is 0.388 e. The van der Waals surface area contributed by atoms with Gasteiger partial charge in [0.25, 0.3) is 0 Å². The van der Waals surface area contributed by atoms with E-state index in [2.05, 4.69) is 10.6 Å². The summed E-state index contributed by atoms with van der Waals surface area (Å²) in [6.45, 7) is 0.348. The monoisotopic (exact) mass is 332 g/mol. The number of alkyl halides is 3. The van der Waals surface area contributed by atoms with Crippen LogP contribution < -0.4 is 10.6 Å². The number of carbonyl (C=O) groups is 1. The number of carbonyl (C=O) groups excluding carboxylic acids is 1. The second-order valence-electron chi connectivity index (χ2n) is 5.44. The maximum Gasteiger partial charge on any atom is 0.416 e. The highest BCUT2D eigenvalue weighted by Crippen LogP contribution is 2.30. The lowest BCUT2D eigenvalue weighted by atomic mass is 10.1. The number of aliphatic hydroxyl groups is 1. The first kappa shape index (κ1) is 16.0. The van der Waals surface area contributed by atoms with Crippen LogP contribution >= 0.6 is 0 Å². The second-order valence-corrected chi connectivity index (χ2v) is 5.44. The van der Waals surface area contributed by atoms with Crippen molar-refractivity contribution in [3.05, 3.63) is 29.8 Å². The Morgan fingerprint density at radius 1 is 1.13 bits per heavy atom. The van der Waals surface area contributed by atoms with E-state index >= 15 is 0 Å². The summed E-state index contributed by atoms with van der Waals surface area (Å²) in [6.07, 6.45) is -6.03. The van der Waals surface area contributed by atoms with Crippen molar-refractivity contribution in [2.24, 2.45) is 0 Å². The number of nitrogens with one attached hydrogen (secondary N) is 2. The van der Waals surface area contributed by atoms with Crippen LogP contribution in [0.15, 0.2) is 24.3 Å². The Hall–Kier alpha value is -1.84. The number of fused-ring (bicyclic) bond motifs is 1. The molecule has 2 aliphatic heterocycles. The van der Waals surface area contributed by atoms with Gasteiger partial charge in [-0.3, -0.25) is 0 Å². The molecule has 0 aliphatic carbocycles. The molecule has 2 amide bonds. The van der Waals surface area contributed by atoms with Crippen LogP contribution in [0.25, 0.3) is 0 Å². The quantitative estimate of drug-likeness (QED) is 0.764. The van der Waals surface area contributed by atoms with Crippen molar-refractivity contribution in [3.8, 4) is 0 Å². The molecular weight excluding hydrogens is 317 g/mol. The number of amides is 2. The van der Waals surface area contributed by atoms with Crippen LogP contribution in [0, 0.1) is 0 Å². The van der Waals surface area contributed by atoms with E-state index in [1.54, 1.807) is 0 Å². The van der Waals surface area contributed by atoms with E-state index in [1.807, 2.05) is 0 Å². The number of aliphatic hydroxyl groups excluding tert-OH is 1. The van der Waals surface area contributed by atoms with E-state index in [9.17, 15) is 23.1 Å². The molecule has 2 heterocycles. The molecule has 0 bridgehead atoms. The second kappa shape index (κ2) is 5.99. The molecule has 3 rings (SSSR count). The van der Waals surface area contributed by atoms with Crippen molar-refractivity contribution in [1.29, 1.82) is 0 Å². The number of ether oxygens (including phenoxy) is 2. The average Bonchev–Trinajstić information content (AvgIpc) is 3.03. The molecule has 126 valence electrons.